The van der Waals surface area contributed by atoms with E-state index in [1.165, 1.54) is 5.56 Å². The predicted molar refractivity (Wildman–Crippen MR) is 151 cm³/mol. The highest BCUT2D eigenvalue weighted by Gasteiger charge is 2.22. The number of pyridine rings is 2. The second-order valence-electron chi connectivity index (χ2n) is 10.8. The number of ether oxygens (including phenoxy) is 2. The lowest BCUT2D eigenvalue weighted by Crippen LogP contribution is -2.32. The monoisotopic (exact) mass is 567 g/mol. The maximum absolute atomic E-state index is 12.6. The summed E-state index contributed by atoms with van der Waals surface area (Å²) in [7, 11) is 0. The van der Waals surface area contributed by atoms with Gasteiger partial charge >= 0.3 is 6.09 Å². The molecule has 0 aliphatic carbocycles. The van der Waals surface area contributed by atoms with Crippen LogP contribution in [-0.2, 0) is 35.7 Å². The highest BCUT2D eigenvalue weighted by Crippen LogP contribution is 2.33. The number of carbonyl (C=O) groups is 1. The van der Waals surface area contributed by atoms with Crippen LogP contribution in [0.4, 0.5) is 4.79 Å². The number of aromatic nitrogens is 2. The molecule has 0 bridgehead atoms. The van der Waals surface area contributed by atoms with Gasteiger partial charge in [-0.2, -0.15) is 0 Å². The average Bonchev–Trinajstić information content (AvgIpc) is 2.80. The van der Waals surface area contributed by atoms with Crippen LogP contribution < -0.4 is 5.32 Å². The van der Waals surface area contributed by atoms with Gasteiger partial charge in [0.05, 0.1) is 18.9 Å². The van der Waals surface area contributed by atoms with Crippen molar-refractivity contribution in [3.8, 4) is 11.1 Å². The highest BCUT2D eigenvalue weighted by atomic mass is 79.9. The zero-order valence-corrected chi connectivity index (χ0v) is 24.5. The topological polar surface area (TPSA) is 73.3 Å². The summed E-state index contributed by atoms with van der Waals surface area (Å²) in [5.74, 6) is 0.406. The molecule has 0 aliphatic rings. The molecular weight excluding hydrogens is 530 g/mol. The molecule has 1 aromatic carbocycles. The van der Waals surface area contributed by atoms with Crippen molar-refractivity contribution in [1.82, 2.24) is 15.3 Å². The van der Waals surface area contributed by atoms with Gasteiger partial charge in [-0.05, 0) is 86.1 Å². The van der Waals surface area contributed by atoms with Gasteiger partial charge in [0.2, 0.25) is 0 Å². The van der Waals surface area contributed by atoms with Crippen LogP contribution in [-0.4, -0.2) is 21.7 Å². The molecule has 0 saturated carbocycles. The lowest BCUT2D eigenvalue weighted by Gasteiger charge is -2.23. The molecule has 0 saturated heterocycles. The second kappa shape index (κ2) is 12.7. The number of alkyl carbamates (subject to hydrolysis) is 1. The molecule has 0 aliphatic heterocycles. The second-order valence-corrected chi connectivity index (χ2v) is 11.7. The number of aryl methyl sites for hydroxylation is 2. The van der Waals surface area contributed by atoms with E-state index in [9.17, 15) is 4.79 Å². The Hall–Kier alpha value is -2.77. The number of hydrogen-bond donors (Lipinski definition) is 1. The van der Waals surface area contributed by atoms with Crippen molar-refractivity contribution in [3.05, 3.63) is 80.8 Å². The Labute approximate surface area is 229 Å². The molecule has 0 atom stereocenters. The molecule has 3 rings (SSSR count). The van der Waals surface area contributed by atoms with Gasteiger partial charge in [0, 0.05) is 39.7 Å². The zero-order chi connectivity index (χ0) is 27.2. The first-order valence-electron chi connectivity index (χ1n) is 12.7. The molecule has 0 spiro atoms. The van der Waals surface area contributed by atoms with Gasteiger partial charge in [-0.3, -0.25) is 9.97 Å². The molecule has 0 radical (unpaired) electrons. The van der Waals surface area contributed by atoms with Gasteiger partial charge in [0.15, 0.2) is 0 Å². The minimum Gasteiger partial charge on any atom is -0.444 e. The number of rotatable bonds is 9. The van der Waals surface area contributed by atoms with E-state index < -0.39 is 11.7 Å². The Bertz CT molecular complexity index is 1200. The van der Waals surface area contributed by atoms with Crippen molar-refractivity contribution in [1.29, 1.82) is 0 Å². The van der Waals surface area contributed by atoms with Crippen molar-refractivity contribution in [2.75, 3.05) is 0 Å². The SMILES string of the molecule is Cc1ccc(-c2c(COCc3ccc(Br)cn3)c(C)nc(CC(C)C)c2CNC(=O)OC(C)(C)C)cc1. The largest absolute Gasteiger partial charge is 0.444 e. The molecule has 2 heterocycles. The normalized spacial score (nSPS) is 11.6. The first-order chi connectivity index (χ1) is 17.4. The lowest BCUT2D eigenvalue weighted by atomic mass is 9.90. The minimum atomic E-state index is -0.573. The number of amides is 1. The third kappa shape index (κ3) is 8.64. The van der Waals surface area contributed by atoms with Crippen molar-refractivity contribution in [2.24, 2.45) is 5.92 Å². The number of hydrogen-bond acceptors (Lipinski definition) is 5. The number of nitrogens with zero attached hydrogens (tertiary/aromatic N) is 2. The molecule has 3 aromatic rings. The number of benzene rings is 1. The molecule has 2 aromatic heterocycles. The standard InChI is InChI=1S/C30H38BrN3O3/c1-19(2)14-27-25(16-33-29(35)37-30(5,6)7)28(22-10-8-20(3)9-11-22)26(21(4)34-27)18-36-17-24-13-12-23(31)15-32-24/h8-13,15,19H,14,16-18H2,1-7H3,(H,33,35). The molecule has 1 N–H and O–H groups in total. The third-order valence-electron chi connectivity index (χ3n) is 5.73. The molecule has 37 heavy (non-hydrogen) atoms. The Balaban J connectivity index is 2.03. The van der Waals surface area contributed by atoms with Crippen LogP contribution in [0.3, 0.4) is 0 Å². The molecule has 6 nitrogen and oxygen atoms in total. The molecular formula is C30H38BrN3O3. The number of nitrogens with one attached hydrogen (secondary N) is 1. The summed E-state index contributed by atoms with van der Waals surface area (Å²) in [5, 5.41) is 2.97. The van der Waals surface area contributed by atoms with Gasteiger partial charge in [0.25, 0.3) is 0 Å². The van der Waals surface area contributed by atoms with Gasteiger partial charge in [-0.15, -0.1) is 0 Å². The Kier molecular flexibility index (Phi) is 9.85. The Morgan fingerprint density at radius 2 is 1.73 bits per heavy atom. The maximum Gasteiger partial charge on any atom is 0.407 e. The Morgan fingerprint density at radius 3 is 2.32 bits per heavy atom. The first-order valence-corrected chi connectivity index (χ1v) is 13.5. The summed E-state index contributed by atoms with van der Waals surface area (Å²) in [4.78, 5) is 22.0. The number of halogens is 1. The molecule has 7 heteroatoms. The van der Waals surface area contributed by atoms with Crippen LogP contribution in [0, 0.1) is 19.8 Å². The molecule has 198 valence electrons. The highest BCUT2D eigenvalue weighted by molar-refractivity contribution is 9.10. The first kappa shape index (κ1) is 28.8. The van der Waals surface area contributed by atoms with E-state index in [0.717, 1.165) is 50.2 Å². The van der Waals surface area contributed by atoms with Crippen molar-refractivity contribution >= 4 is 22.0 Å². The van der Waals surface area contributed by atoms with Crippen LogP contribution >= 0.6 is 15.9 Å². The van der Waals surface area contributed by atoms with E-state index >= 15 is 0 Å². The van der Waals surface area contributed by atoms with Crippen LogP contribution in [0.15, 0.2) is 47.1 Å². The summed E-state index contributed by atoms with van der Waals surface area (Å²) in [6.45, 7) is 15.1. The van der Waals surface area contributed by atoms with Gasteiger partial charge < -0.3 is 14.8 Å². The molecule has 0 fully saturated rings. The fourth-order valence-electron chi connectivity index (χ4n) is 4.06. The average molecular weight is 569 g/mol. The summed E-state index contributed by atoms with van der Waals surface area (Å²) in [5.41, 5.74) is 7.51. The molecule has 1 amide bonds. The maximum atomic E-state index is 12.6. The summed E-state index contributed by atoms with van der Waals surface area (Å²) in [6.07, 6.45) is 2.12. The number of carbonyl (C=O) groups excluding carboxylic acids is 1. The summed E-state index contributed by atoms with van der Waals surface area (Å²) < 4.78 is 12.6. The molecule has 0 unspecified atom stereocenters. The van der Waals surface area contributed by atoms with Crippen LogP contribution in [0.1, 0.15) is 68.4 Å². The van der Waals surface area contributed by atoms with Gasteiger partial charge in [0.1, 0.15) is 5.60 Å². The fraction of sp³-hybridized carbons (Fsp3) is 0.433. The Morgan fingerprint density at radius 1 is 1.03 bits per heavy atom. The van der Waals surface area contributed by atoms with Crippen molar-refractivity contribution < 1.29 is 14.3 Å². The third-order valence-corrected chi connectivity index (χ3v) is 6.20. The predicted octanol–water partition coefficient (Wildman–Crippen LogP) is 7.46. The van der Waals surface area contributed by atoms with E-state index in [1.807, 2.05) is 39.8 Å². The zero-order valence-electron chi connectivity index (χ0n) is 22.9. The van der Waals surface area contributed by atoms with E-state index in [-0.39, 0.29) is 0 Å². The van der Waals surface area contributed by atoms with Crippen LogP contribution in [0.25, 0.3) is 11.1 Å². The van der Waals surface area contributed by atoms with Gasteiger partial charge in [-0.1, -0.05) is 43.7 Å². The van der Waals surface area contributed by atoms with Crippen LogP contribution in [0.5, 0.6) is 0 Å². The van der Waals surface area contributed by atoms with Crippen molar-refractivity contribution in [2.45, 2.75) is 80.2 Å². The minimum absolute atomic E-state index is 0.314. The van der Waals surface area contributed by atoms with Gasteiger partial charge in [-0.25, -0.2) is 4.79 Å². The smallest absolute Gasteiger partial charge is 0.407 e. The van der Waals surface area contributed by atoms with E-state index in [4.69, 9.17) is 14.5 Å². The quantitative estimate of drug-likeness (QED) is 0.290. The lowest BCUT2D eigenvalue weighted by molar-refractivity contribution is 0.0523. The summed E-state index contributed by atoms with van der Waals surface area (Å²) >= 11 is 3.42. The fourth-order valence-corrected chi connectivity index (χ4v) is 4.29. The van der Waals surface area contributed by atoms with E-state index in [0.29, 0.717) is 25.7 Å². The summed E-state index contributed by atoms with van der Waals surface area (Å²) in [6, 6.07) is 12.4. The van der Waals surface area contributed by atoms with E-state index in [1.54, 1.807) is 6.20 Å². The van der Waals surface area contributed by atoms with Crippen molar-refractivity contribution in [3.63, 3.8) is 0 Å². The van der Waals surface area contributed by atoms with Crippen LogP contribution in [0.2, 0.25) is 0 Å². The van der Waals surface area contributed by atoms with E-state index in [2.05, 4.69) is 71.3 Å².